The van der Waals surface area contributed by atoms with Crippen LogP contribution in [0.5, 0.6) is 5.75 Å². The van der Waals surface area contributed by atoms with Gasteiger partial charge in [0.15, 0.2) is 12.3 Å². The molecule has 0 radical (unpaired) electrons. The minimum absolute atomic E-state index is 0.151. The number of nitrogens with two attached hydrogens (primary N) is 1. The summed E-state index contributed by atoms with van der Waals surface area (Å²) in [5.74, 6) is -3.87. The topological polar surface area (TPSA) is 171 Å². The fraction of sp³-hybridized carbons (Fsp3) is 0.317. The molecule has 0 unspecified atom stereocenters. The number of likely N-dealkylation sites (tertiary alicyclic amines) is 1. The molecule has 5 aromatic rings. The summed E-state index contributed by atoms with van der Waals surface area (Å²) in [7, 11) is 0. The van der Waals surface area contributed by atoms with E-state index < -0.39 is 78.6 Å². The van der Waals surface area contributed by atoms with Gasteiger partial charge in [-0.2, -0.15) is 18.2 Å². The minimum Gasteiger partial charge on any atom is -0.482 e. The van der Waals surface area contributed by atoms with Crippen molar-refractivity contribution in [2.45, 2.75) is 52.0 Å². The van der Waals surface area contributed by atoms with E-state index in [9.17, 15) is 41.1 Å². The lowest BCUT2D eigenvalue weighted by Gasteiger charge is -2.34. The number of alkyl halides is 4. The van der Waals surface area contributed by atoms with Crippen LogP contribution in [0.4, 0.5) is 44.1 Å². The number of amides is 3. The minimum atomic E-state index is -4.84. The number of aromatic nitrogens is 3. The molecular formula is C41H40F5N7O7. The number of fused-ring (bicyclic) bond motifs is 1. The molecule has 0 aliphatic carbocycles. The molecule has 1 aliphatic heterocycles. The average molecular weight is 838 g/mol. The van der Waals surface area contributed by atoms with Crippen LogP contribution in [0.2, 0.25) is 0 Å². The molecule has 19 heteroatoms. The van der Waals surface area contributed by atoms with Gasteiger partial charge in [0.1, 0.15) is 23.8 Å². The summed E-state index contributed by atoms with van der Waals surface area (Å²) in [6.45, 7) is 3.58. The van der Waals surface area contributed by atoms with Crippen LogP contribution in [0.1, 0.15) is 49.5 Å². The molecule has 0 bridgehead atoms. The largest absolute Gasteiger partial charge is 0.482 e. The number of ether oxygens (including phenoxy) is 3. The molecule has 3 N–H and O–H groups in total. The maximum atomic E-state index is 13.8. The van der Waals surface area contributed by atoms with E-state index in [1.807, 2.05) is 0 Å². The quantitative estimate of drug-likeness (QED) is 0.0747. The van der Waals surface area contributed by atoms with Crippen LogP contribution in [-0.4, -0.2) is 88.3 Å². The van der Waals surface area contributed by atoms with Gasteiger partial charge in [0.25, 0.3) is 11.9 Å². The van der Waals surface area contributed by atoms with E-state index in [2.05, 4.69) is 15.4 Å². The van der Waals surface area contributed by atoms with Gasteiger partial charge in [-0.15, -0.1) is 5.10 Å². The van der Waals surface area contributed by atoms with Crippen molar-refractivity contribution in [2.75, 3.05) is 36.7 Å². The van der Waals surface area contributed by atoms with E-state index in [1.165, 1.54) is 34.8 Å². The lowest BCUT2D eigenvalue weighted by Crippen LogP contribution is -2.51. The Morgan fingerprint density at radius 1 is 0.933 bits per heavy atom. The van der Waals surface area contributed by atoms with Crippen molar-refractivity contribution in [3.63, 3.8) is 0 Å². The third-order valence-corrected chi connectivity index (χ3v) is 9.49. The molecule has 1 fully saturated rings. The molecule has 3 amide bonds. The Bertz CT molecular complexity index is 2380. The Balaban J connectivity index is 1.30. The van der Waals surface area contributed by atoms with Gasteiger partial charge in [-0.25, -0.2) is 23.0 Å². The number of nitrogens with one attached hydrogen (secondary N) is 1. The van der Waals surface area contributed by atoms with Crippen molar-refractivity contribution in [1.29, 1.82) is 0 Å². The van der Waals surface area contributed by atoms with E-state index in [1.54, 1.807) is 70.3 Å². The lowest BCUT2D eigenvalue weighted by molar-refractivity contribution is -0.156. The molecule has 1 saturated heterocycles. The van der Waals surface area contributed by atoms with Crippen LogP contribution >= 0.6 is 0 Å². The average Bonchev–Trinajstić information content (AvgIpc) is 3.61. The number of halogens is 5. The molecule has 0 spiro atoms. The SMILES string of the molecule is C[C@@H](C(=O)Nc1ccc(-c2ccc3nc(N(C(=O)OCOC(=O)[C@@H](N)C(C)(C)C)c4ccc(C(=O)N5CC(F)C5)cc4OCC(F)(F)F)nn3c2)cc1)c1ccc(F)cc1. The Labute approximate surface area is 340 Å². The Morgan fingerprint density at radius 2 is 1.60 bits per heavy atom. The summed E-state index contributed by atoms with van der Waals surface area (Å²) in [5, 5.41) is 7.24. The predicted molar refractivity (Wildman–Crippen MR) is 208 cm³/mol. The van der Waals surface area contributed by atoms with Crippen LogP contribution in [0.3, 0.4) is 0 Å². The van der Waals surface area contributed by atoms with Crippen molar-refractivity contribution in [3.8, 4) is 16.9 Å². The third-order valence-electron chi connectivity index (χ3n) is 9.49. The summed E-state index contributed by atoms with van der Waals surface area (Å²) in [6, 6.07) is 17.9. The van der Waals surface area contributed by atoms with E-state index in [0.717, 1.165) is 17.0 Å². The highest BCUT2D eigenvalue weighted by atomic mass is 19.4. The Hall–Kier alpha value is -6.63. The summed E-state index contributed by atoms with van der Waals surface area (Å²) in [6.07, 6.45) is -5.84. The van der Waals surface area contributed by atoms with Gasteiger partial charge in [0.05, 0.1) is 24.7 Å². The summed E-state index contributed by atoms with van der Waals surface area (Å²) in [4.78, 5) is 58.5. The maximum absolute atomic E-state index is 13.8. The van der Waals surface area contributed by atoms with Gasteiger partial charge in [-0.3, -0.25) is 14.4 Å². The van der Waals surface area contributed by atoms with Gasteiger partial charge in [-0.1, -0.05) is 45.0 Å². The number of rotatable bonds is 12. The van der Waals surface area contributed by atoms with Gasteiger partial charge in [0.2, 0.25) is 12.7 Å². The smallest absolute Gasteiger partial charge is 0.424 e. The second-order valence-corrected chi connectivity index (χ2v) is 15.0. The highest BCUT2D eigenvalue weighted by Crippen LogP contribution is 2.37. The Kier molecular flexibility index (Phi) is 12.4. The highest BCUT2D eigenvalue weighted by Gasteiger charge is 2.35. The molecule has 2 atom stereocenters. The zero-order valence-corrected chi connectivity index (χ0v) is 32.7. The zero-order valence-electron chi connectivity index (χ0n) is 32.7. The number of pyridine rings is 1. The Morgan fingerprint density at radius 3 is 2.23 bits per heavy atom. The molecule has 6 rings (SSSR count). The molecule has 3 aromatic carbocycles. The first-order chi connectivity index (χ1) is 28.3. The van der Waals surface area contributed by atoms with Crippen molar-refractivity contribution in [1.82, 2.24) is 19.5 Å². The van der Waals surface area contributed by atoms with E-state index >= 15 is 0 Å². The number of hydrogen-bond donors (Lipinski definition) is 2. The fourth-order valence-electron chi connectivity index (χ4n) is 5.85. The van der Waals surface area contributed by atoms with Gasteiger partial charge in [-0.05, 0) is 78.1 Å². The van der Waals surface area contributed by atoms with E-state index in [4.69, 9.17) is 19.9 Å². The second kappa shape index (κ2) is 17.3. The number of nitrogens with zero attached hydrogens (tertiary/aromatic N) is 5. The summed E-state index contributed by atoms with van der Waals surface area (Å²) in [5.41, 5.74) is 7.29. The summed E-state index contributed by atoms with van der Waals surface area (Å²) >= 11 is 0. The number of benzene rings is 3. The molecule has 0 saturated carbocycles. The number of anilines is 3. The first-order valence-electron chi connectivity index (χ1n) is 18.5. The lowest BCUT2D eigenvalue weighted by atomic mass is 9.87. The molecular weight excluding hydrogens is 797 g/mol. The van der Waals surface area contributed by atoms with E-state index in [-0.39, 0.29) is 35.9 Å². The van der Waals surface area contributed by atoms with Crippen LogP contribution in [0.15, 0.2) is 85.1 Å². The summed E-state index contributed by atoms with van der Waals surface area (Å²) < 4.78 is 84.0. The number of carbonyl (C=O) groups excluding carboxylic acids is 4. The number of hydrogen-bond acceptors (Lipinski definition) is 10. The highest BCUT2D eigenvalue weighted by molar-refractivity contribution is 6.00. The molecule has 14 nitrogen and oxygen atoms in total. The van der Waals surface area contributed by atoms with E-state index in [0.29, 0.717) is 27.3 Å². The zero-order chi connectivity index (χ0) is 43.5. The molecule has 60 heavy (non-hydrogen) atoms. The molecule has 3 heterocycles. The van der Waals surface area contributed by atoms with Gasteiger partial charge < -0.3 is 30.2 Å². The standard InChI is InChI=1S/C41H40F5N7O7/c1-23(24-5-11-28(42)12-6-24)35(54)48-30-13-7-25(8-14-30)27-10-16-33-49-38(50-52(33)18-27)53(39(57)60-22-59-37(56)34(47)40(2,3)4)31-15-9-26(36(55)51-19-29(43)20-51)17-32(31)58-21-41(44,45)46/h5-18,23,29,34H,19-22,47H2,1-4H3,(H,48,54)/t23-,34-/m1/s1. The first-order valence-corrected chi connectivity index (χ1v) is 18.5. The monoisotopic (exact) mass is 837 g/mol. The molecule has 2 aromatic heterocycles. The maximum Gasteiger partial charge on any atom is 0.424 e. The van der Waals surface area contributed by atoms with Crippen molar-refractivity contribution in [3.05, 3.63) is 102 Å². The predicted octanol–water partition coefficient (Wildman–Crippen LogP) is 7.16. The molecule has 316 valence electrons. The van der Waals surface area contributed by atoms with Gasteiger partial charge >= 0.3 is 18.2 Å². The third kappa shape index (κ3) is 10.1. The number of carbonyl (C=O) groups is 4. The number of esters is 1. The van der Waals surface area contributed by atoms with Crippen LogP contribution in [0, 0.1) is 11.2 Å². The normalized spacial score (nSPS) is 14.2. The second-order valence-electron chi connectivity index (χ2n) is 15.0. The molecule has 1 aliphatic rings. The van der Waals surface area contributed by atoms with Crippen molar-refractivity contribution >= 4 is 46.8 Å². The van der Waals surface area contributed by atoms with Crippen LogP contribution < -0.4 is 20.7 Å². The van der Waals surface area contributed by atoms with Crippen molar-refractivity contribution < 1.29 is 55.3 Å². The van der Waals surface area contributed by atoms with Crippen LogP contribution in [0.25, 0.3) is 16.8 Å². The van der Waals surface area contributed by atoms with Crippen molar-refractivity contribution in [2.24, 2.45) is 11.1 Å². The first kappa shape index (κ1) is 43.0. The van der Waals surface area contributed by atoms with Gasteiger partial charge in [0, 0.05) is 23.0 Å². The van der Waals surface area contributed by atoms with Crippen LogP contribution in [-0.2, 0) is 19.1 Å². The fourth-order valence-corrected chi connectivity index (χ4v) is 5.85.